The van der Waals surface area contributed by atoms with Crippen molar-refractivity contribution in [3.63, 3.8) is 0 Å². The summed E-state index contributed by atoms with van der Waals surface area (Å²) < 4.78 is 10.8. The molecule has 3 heteroatoms. The Labute approximate surface area is 97.8 Å². The van der Waals surface area contributed by atoms with Crippen molar-refractivity contribution in [1.82, 2.24) is 0 Å². The van der Waals surface area contributed by atoms with E-state index in [9.17, 15) is 0 Å². The second-order valence-corrected chi connectivity index (χ2v) is 4.89. The summed E-state index contributed by atoms with van der Waals surface area (Å²) in [7, 11) is 1.66. The van der Waals surface area contributed by atoms with Gasteiger partial charge in [-0.3, -0.25) is 0 Å². The van der Waals surface area contributed by atoms with Crippen LogP contribution in [0.1, 0.15) is 20.8 Å². The molecule has 3 nitrogen and oxygen atoms in total. The Bertz CT molecular complexity index is 318. The summed E-state index contributed by atoms with van der Waals surface area (Å²) in [6.45, 7) is 8.25. The zero-order valence-electron chi connectivity index (χ0n) is 10.6. The van der Waals surface area contributed by atoms with Crippen molar-refractivity contribution >= 4 is 0 Å². The van der Waals surface area contributed by atoms with Gasteiger partial charge in [0.05, 0.1) is 12.6 Å². The highest BCUT2D eigenvalue weighted by Crippen LogP contribution is 2.18. The fraction of sp³-hybridized carbons (Fsp3) is 0.538. The molecular weight excluding hydrogens is 202 g/mol. The second kappa shape index (κ2) is 5.75. The van der Waals surface area contributed by atoms with Crippen LogP contribution in [0.4, 0.5) is 0 Å². The zero-order chi connectivity index (χ0) is 12.0. The predicted molar refractivity (Wildman–Crippen MR) is 65.0 cm³/mol. The number of benzene rings is 1. The van der Waals surface area contributed by atoms with Gasteiger partial charge in [-0.05, 0) is 32.9 Å². The largest absolute Gasteiger partial charge is 0.497 e. The number of hydrogen-bond acceptors (Lipinski definition) is 2. The first-order chi connectivity index (χ1) is 7.51. The first kappa shape index (κ1) is 12.8. The van der Waals surface area contributed by atoms with Gasteiger partial charge in [0, 0.05) is 6.07 Å². The summed E-state index contributed by atoms with van der Waals surface area (Å²) in [6.07, 6.45) is 0. The van der Waals surface area contributed by atoms with Gasteiger partial charge in [-0.15, -0.1) is 0 Å². The molecule has 2 N–H and O–H groups in total. The van der Waals surface area contributed by atoms with Crippen LogP contribution in [0.15, 0.2) is 24.3 Å². The van der Waals surface area contributed by atoms with Crippen LogP contribution in [0.25, 0.3) is 0 Å². The van der Waals surface area contributed by atoms with Crippen molar-refractivity contribution in [1.29, 1.82) is 0 Å². The lowest BCUT2D eigenvalue weighted by atomic mass is 10.1. The van der Waals surface area contributed by atoms with Crippen LogP contribution in [-0.2, 0) is 0 Å². The maximum atomic E-state index is 5.63. The summed E-state index contributed by atoms with van der Waals surface area (Å²) in [4.78, 5) is 0. The van der Waals surface area contributed by atoms with Gasteiger partial charge in [-0.2, -0.15) is 0 Å². The Hall–Kier alpha value is -1.22. The molecular formula is C13H22NO2+. The van der Waals surface area contributed by atoms with Gasteiger partial charge >= 0.3 is 0 Å². The van der Waals surface area contributed by atoms with E-state index >= 15 is 0 Å². The van der Waals surface area contributed by atoms with Gasteiger partial charge in [0.2, 0.25) is 0 Å². The SMILES string of the molecule is COc1cccc(OCC[NH2+]C(C)(C)C)c1. The molecule has 0 aliphatic carbocycles. The average molecular weight is 224 g/mol. The Morgan fingerprint density at radius 3 is 2.50 bits per heavy atom. The van der Waals surface area contributed by atoms with Gasteiger partial charge in [-0.25, -0.2) is 0 Å². The molecule has 16 heavy (non-hydrogen) atoms. The van der Waals surface area contributed by atoms with E-state index in [2.05, 4.69) is 26.1 Å². The number of rotatable bonds is 5. The molecule has 0 atom stereocenters. The number of ether oxygens (including phenoxy) is 2. The van der Waals surface area contributed by atoms with Crippen molar-refractivity contribution < 1.29 is 14.8 Å². The van der Waals surface area contributed by atoms with Crippen LogP contribution in [0, 0.1) is 0 Å². The van der Waals surface area contributed by atoms with Gasteiger partial charge in [0.15, 0.2) is 0 Å². The summed E-state index contributed by atoms with van der Waals surface area (Å²) in [5.41, 5.74) is 0.262. The minimum atomic E-state index is 0.262. The Morgan fingerprint density at radius 2 is 1.88 bits per heavy atom. The molecule has 1 rings (SSSR count). The third-order valence-electron chi connectivity index (χ3n) is 2.18. The highest BCUT2D eigenvalue weighted by atomic mass is 16.5. The highest BCUT2D eigenvalue weighted by Gasteiger charge is 2.11. The molecule has 0 bridgehead atoms. The average Bonchev–Trinajstić information content (AvgIpc) is 2.23. The van der Waals surface area contributed by atoms with E-state index in [1.807, 2.05) is 24.3 Å². The van der Waals surface area contributed by atoms with E-state index in [-0.39, 0.29) is 5.54 Å². The molecule has 0 spiro atoms. The lowest BCUT2D eigenvalue weighted by Crippen LogP contribution is -2.95. The molecule has 0 saturated carbocycles. The Balaban J connectivity index is 2.32. The van der Waals surface area contributed by atoms with Crippen LogP contribution in [0.2, 0.25) is 0 Å². The molecule has 0 aliphatic rings. The van der Waals surface area contributed by atoms with Crippen LogP contribution in [0.3, 0.4) is 0 Å². The third-order valence-corrected chi connectivity index (χ3v) is 2.18. The fourth-order valence-corrected chi connectivity index (χ4v) is 1.36. The minimum absolute atomic E-state index is 0.262. The summed E-state index contributed by atoms with van der Waals surface area (Å²) in [6, 6.07) is 7.69. The van der Waals surface area contributed by atoms with E-state index in [1.165, 1.54) is 0 Å². The number of hydrogen-bond donors (Lipinski definition) is 1. The molecule has 0 fully saturated rings. The van der Waals surface area contributed by atoms with E-state index in [0.29, 0.717) is 6.61 Å². The Morgan fingerprint density at radius 1 is 1.19 bits per heavy atom. The van der Waals surface area contributed by atoms with Crippen LogP contribution < -0.4 is 14.8 Å². The van der Waals surface area contributed by atoms with Crippen molar-refractivity contribution in [2.24, 2.45) is 0 Å². The number of quaternary nitrogens is 1. The summed E-state index contributed by atoms with van der Waals surface area (Å²) in [5.74, 6) is 1.69. The van der Waals surface area contributed by atoms with Gasteiger partial charge in [-0.1, -0.05) is 6.07 Å². The summed E-state index contributed by atoms with van der Waals surface area (Å²) in [5, 5.41) is 2.27. The fourth-order valence-electron chi connectivity index (χ4n) is 1.36. The zero-order valence-corrected chi connectivity index (χ0v) is 10.6. The van der Waals surface area contributed by atoms with Crippen molar-refractivity contribution in [2.45, 2.75) is 26.3 Å². The van der Waals surface area contributed by atoms with Gasteiger partial charge in [0.25, 0.3) is 0 Å². The number of nitrogens with two attached hydrogens (primary N) is 1. The Kier molecular flexibility index (Phi) is 4.62. The highest BCUT2D eigenvalue weighted by molar-refractivity contribution is 5.32. The van der Waals surface area contributed by atoms with Crippen LogP contribution >= 0.6 is 0 Å². The maximum Gasteiger partial charge on any atom is 0.137 e. The molecule has 0 heterocycles. The van der Waals surface area contributed by atoms with Gasteiger partial charge < -0.3 is 14.8 Å². The second-order valence-electron chi connectivity index (χ2n) is 4.89. The van der Waals surface area contributed by atoms with Crippen LogP contribution in [0.5, 0.6) is 11.5 Å². The van der Waals surface area contributed by atoms with Crippen molar-refractivity contribution in [2.75, 3.05) is 20.3 Å². The van der Waals surface area contributed by atoms with E-state index < -0.39 is 0 Å². The molecule has 0 unspecified atom stereocenters. The number of methoxy groups -OCH3 is 1. The smallest absolute Gasteiger partial charge is 0.137 e. The standard InChI is InChI=1S/C13H21NO2/c1-13(2,3)14-8-9-16-12-7-5-6-11(10-12)15-4/h5-7,10,14H,8-9H2,1-4H3/p+1. The minimum Gasteiger partial charge on any atom is -0.497 e. The normalized spacial score (nSPS) is 11.2. The molecule has 0 radical (unpaired) electrons. The molecule has 0 aromatic heterocycles. The van der Waals surface area contributed by atoms with Crippen molar-refractivity contribution in [3.05, 3.63) is 24.3 Å². The third kappa shape index (κ3) is 5.03. The van der Waals surface area contributed by atoms with E-state index in [1.54, 1.807) is 7.11 Å². The van der Waals surface area contributed by atoms with Crippen LogP contribution in [-0.4, -0.2) is 25.8 Å². The quantitative estimate of drug-likeness (QED) is 0.768. The monoisotopic (exact) mass is 224 g/mol. The lowest BCUT2D eigenvalue weighted by Gasteiger charge is -2.16. The molecule has 1 aromatic rings. The van der Waals surface area contributed by atoms with Gasteiger partial charge in [0.1, 0.15) is 24.7 Å². The van der Waals surface area contributed by atoms with E-state index in [4.69, 9.17) is 9.47 Å². The predicted octanol–water partition coefficient (Wildman–Crippen LogP) is 1.44. The first-order valence-electron chi connectivity index (χ1n) is 5.62. The maximum absolute atomic E-state index is 5.63. The molecule has 0 aliphatic heterocycles. The topological polar surface area (TPSA) is 35.1 Å². The summed E-state index contributed by atoms with van der Waals surface area (Å²) >= 11 is 0. The first-order valence-corrected chi connectivity index (χ1v) is 5.62. The lowest BCUT2D eigenvalue weighted by molar-refractivity contribution is -0.717. The molecule has 90 valence electrons. The molecule has 0 saturated heterocycles. The van der Waals surface area contributed by atoms with Crippen molar-refractivity contribution in [3.8, 4) is 11.5 Å². The molecule has 1 aromatic carbocycles. The van der Waals surface area contributed by atoms with E-state index in [0.717, 1.165) is 18.0 Å². The molecule has 0 amide bonds.